The topological polar surface area (TPSA) is 127 Å². The maximum atomic E-state index is 12.8. The van der Waals surface area contributed by atoms with E-state index in [0.717, 1.165) is 35.6 Å². The molecule has 1 fully saturated rings. The Labute approximate surface area is 197 Å². The van der Waals surface area contributed by atoms with Crippen molar-refractivity contribution in [1.82, 2.24) is 24.7 Å². The number of nitrogens with two attached hydrogens (primary N) is 1. The molecule has 10 heteroatoms. The summed E-state index contributed by atoms with van der Waals surface area (Å²) in [6, 6.07) is 10.6. The van der Waals surface area contributed by atoms with Crippen LogP contribution in [0.5, 0.6) is 0 Å². The summed E-state index contributed by atoms with van der Waals surface area (Å²) in [5.41, 5.74) is 9.09. The fourth-order valence-electron chi connectivity index (χ4n) is 3.96. The van der Waals surface area contributed by atoms with Crippen molar-refractivity contribution in [1.29, 1.82) is 0 Å². The van der Waals surface area contributed by atoms with E-state index >= 15 is 0 Å². The number of nitrogens with one attached hydrogen (secondary N) is 2. The first kappa shape index (κ1) is 22.1. The van der Waals surface area contributed by atoms with E-state index in [-0.39, 0.29) is 5.25 Å². The molecule has 4 N–H and O–H groups in total. The van der Waals surface area contributed by atoms with E-state index in [9.17, 15) is 8.42 Å². The Morgan fingerprint density at radius 1 is 0.971 bits per heavy atom. The predicted octanol–water partition coefficient (Wildman–Crippen LogP) is 3.15. The van der Waals surface area contributed by atoms with E-state index in [1.54, 1.807) is 42.9 Å². The average Bonchev–Trinajstić information content (AvgIpc) is 3.24. The van der Waals surface area contributed by atoms with Gasteiger partial charge in [0.15, 0.2) is 9.84 Å². The molecule has 0 atom stereocenters. The first-order chi connectivity index (χ1) is 16.5. The molecule has 5 rings (SSSR count). The number of nitrogen functional groups attached to an aromatic ring is 1. The molecule has 9 nitrogen and oxygen atoms in total. The maximum Gasteiger partial charge on any atom is 0.227 e. The van der Waals surface area contributed by atoms with Gasteiger partial charge in [0, 0.05) is 29.8 Å². The SMILES string of the molecule is Nc1cn2cc(C=Cc3cnc(Nc4ccc(S(=O)(=O)C5CCNCC5)cc4)nc3)ccc2n1. The van der Waals surface area contributed by atoms with Crippen LogP contribution in [0, 0.1) is 0 Å². The molecule has 1 aliphatic rings. The van der Waals surface area contributed by atoms with E-state index in [0.29, 0.717) is 29.5 Å². The van der Waals surface area contributed by atoms with Gasteiger partial charge < -0.3 is 20.8 Å². The number of piperidine rings is 1. The molecular weight excluding hydrogens is 450 g/mol. The Hall–Kier alpha value is -3.76. The molecule has 1 aromatic carbocycles. The van der Waals surface area contributed by atoms with Crippen LogP contribution in [0.2, 0.25) is 0 Å². The minimum atomic E-state index is -3.32. The number of pyridine rings is 1. The molecule has 0 saturated carbocycles. The molecule has 4 heterocycles. The van der Waals surface area contributed by atoms with Crippen LogP contribution in [0.25, 0.3) is 17.8 Å². The van der Waals surface area contributed by atoms with Crippen LogP contribution in [-0.2, 0) is 9.84 Å². The summed E-state index contributed by atoms with van der Waals surface area (Å²) in [6.07, 6.45) is 12.3. The number of anilines is 3. The van der Waals surface area contributed by atoms with E-state index in [1.165, 1.54) is 0 Å². The zero-order valence-corrected chi connectivity index (χ0v) is 19.2. The van der Waals surface area contributed by atoms with Gasteiger partial charge in [0.1, 0.15) is 11.5 Å². The van der Waals surface area contributed by atoms with Crippen LogP contribution in [0.15, 0.2) is 66.1 Å². The lowest BCUT2D eigenvalue weighted by Gasteiger charge is -2.22. The van der Waals surface area contributed by atoms with Crippen molar-refractivity contribution < 1.29 is 8.42 Å². The van der Waals surface area contributed by atoms with Gasteiger partial charge >= 0.3 is 0 Å². The van der Waals surface area contributed by atoms with Crippen molar-refractivity contribution in [3.63, 3.8) is 0 Å². The number of nitrogens with zero attached hydrogens (tertiary/aromatic N) is 4. The minimum absolute atomic E-state index is 0.323. The highest BCUT2D eigenvalue weighted by Gasteiger charge is 2.28. The molecule has 0 spiro atoms. The average molecular weight is 476 g/mol. The Morgan fingerprint density at radius 3 is 2.41 bits per heavy atom. The fourth-order valence-corrected chi connectivity index (χ4v) is 5.72. The summed E-state index contributed by atoms with van der Waals surface area (Å²) in [5, 5.41) is 5.99. The molecule has 1 saturated heterocycles. The maximum absolute atomic E-state index is 12.8. The molecule has 4 aromatic rings. The van der Waals surface area contributed by atoms with E-state index in [2.05, 4.69) is 25.6 Å². The van der Waals surface area contributed by atoms with Gasteiger partial charge in [-0.3, -0.25) is 0 Å². The van der Waals surface area contributed by atoms with Crippen LogP contribution in [0.1, 0.15) is 24.0 Å². The van der Waals surface area contributed by atoms with E-state index in [1.807, 2.05) is 34.9 Å². The Balaban J connectivity index is 1.23. The number of sulfone groups is 1. The third kappa shape index (κ3) is 4.78. The highest BCUT2D eigenvalue weighted by Crippen LogP contribution is 2.24. The fraction of sp³-hybridized carbons (Fsp3) is 0.208. The second-order valence-corrected chi connectivity index (χ2v) is 10.4. The highest BCUT2D eigenvalue weighted by atomic mass is 32.2. The number of imidazole rings is 1. The molecule has 0 radical (unpaired) electrons. The molecule has 0 bridgehead atoms. The van der Waals surface area contributed by atoms with Crippen molar-refractivity contribution >= 4 is 45.1 Å². The van der Waals surface area contributed by atoms with Crippen molar-refractivity contribution in [2.24, 2.45) is 0 Å². The molecular formula is C24H25N7O2S. The molecule has 0 unspecified atom stereocenters. The van der Waals surface area contributed by atoms with Gasteiger partial charge in [-0.1, -0.05) is 12.2 Å². The zero-order chi connectivity index (χ0) is 23.5. The summed E-state index contributed by atoms with van der Waals surface area (Å²) < 4.78 is 27.5. The van der Waals surface area contributed by atoms with Crippen molar-refractivity contribution in [2.75, 3.05) is 24.1 Å². The molecule has 0 aliphatic carbocycles. The number of benzene rings is 1. The predicted molar refractivity (Wildman–Crippen MR) is 133 cm³/mol. The summed E-state index contributed by atoms with van der Waals surface area (Å²) >= 11 is 0. The van der Waals surface area contributed by atoms with Gasteiger partial charge in [-0.15, -0.1) is 0 Å². The van der Waals surface area contributed by atoms with E-state index < -0.39 is 9.84 Å². The molecule has 0 amide bonds. The van der Waals surface area contributed by atoms with Gasteiger partial charge in [0.25, 0.3) is 0 Å². The summed E-state index contributed by atoms with van der Waals surface area (Å²) in [5.74, 6) is 0.914. The van der Waals surface area contributed by atoms with Gasteiger partial charge in [0.2, 0.25) is 5.95 Å². The molecule has 3 aromatic heterocycles. The largest absolute Gasteiger partial charge is 0.382 e. The Kier molecular flexibility index (Phi) is 5.99. The first-order valence-corrected chi connectivity index (χ1v) is 12.6. The van der Waals surface area contributed by atoms with Gasteiger partial charge in [-0.25, -0.2) is 23.4 Å². The second kappa shape index (κ2) is 9.24. The molecule has 174 valence electrons. The van der Waals surface area contributed by atoms with Gasteiger partial charge in [-0.05, 0) is 67.9 Å². The monoisotopic (exact) mass is 475 g/mol. The number of fused-ring (bicyclic) bond motifs is 1. The lowest BCUT2D eigenvalue weighted by molar-refractivity contribution is 0.496. The zero-order valence-electron chi connectivity index (χ0n) is 18.4. The third-order valence-corrected chi connectivity index (χ3v) is 8.07. The lowest BCUT2D eigenvalue weighted by Crippen LogP contribution is -2.35. The summed E-state index contributed by atoms with van der Waals surface area (Å²) in [6.45, 7) is 1.47. The van der Waals surface area contributed by atoms with Gasteiger partial charge in [0.05, 0.1) is 16.3 Å². The van der Waals surface area contributed by atoms with Crippen LogP contribution in [-0.4, -0.2) is 46.1 Å². The van der Waals surface area contributed by atoms with Crippen LogP contribution in [0.4, 0.5) is 17.5 Å². The minimum Gasteiger partial charge on any atom is -0.382 e. The highest BCUT2D eigenvalue weighted by molar-refractivity contribution is 7.92. The normalized spacial score (nSPS) is 15.2. The summed E-state index contributed by atoms with van der Waals surface area (Å²) in [7, 11) is -3.32. The van der Waals surface area contributed by atoms with Crippen molar-refractivity contribution in [3.05, 3.63) is 72.3 Å². The summed E-state index contributed by atoms with van der Waals surface area (Å²) in [4.78, 5) is 13.3. The molecule has 1 aliphatic heterocycles. The number of hydrogen-bond acceptors (Lipinski definition) is 8. The smallest absolute Gasteiger partial charge is 0.227 e. The van der Waals surface area contributed by atoms with Crippen molar-refractivity contribution in [2.45, 2.75) is 23.0 Å². The number of rotatable bonds is 6. The third-order valence-electron chi connectivity index (χ3n) is 5.80. The van der Waals surface area contributed by atoms with Crippen LogP contribution >= 0.6 is 0 Å². The van der Waals surface area contributed by atoms with Crippen molar-refractivity contribution in [3.8, 4) is 0 Å². The Bertz CT molecular complexity index is 1420. The van der Waals surface area contributed by atoms with E-state index in [4.69, 9.17) is 5.73 Å². The van der Waals surface area contributed by atoms with Gasteiger partial charge in [-0.2, -0.15) is 0 Å². The van der Waals surface area contributed by atoms with Crippen LogP contribution < -0.4 is 16.4 Å². The van der Waals surface area contributed by atoms with Crippen LogP contribution in [0.3, 0.4) is 0 Å². The quantitative estimate of drug-likeness (QED) is 0.388. The first-order valence-electron chi connectivity index (χ1n) is 11.0. The second-order valence-electron chi connectivity index (χ2n) is 8.21. The lowest BCUT2D eigenvalue weighted by atomic mass is 10.2. The molecule has 34 heavy (non-hydrogen) atoms. The standard InChI is InChI=1S/C24H25N7O2S/c25-22-16-31-15-17(3-8-23(31)30-22)1-2-18-13-27-24(28-14-18)29-19-4-6-20(7-5-19)34(32,33)21-9-11-26-12-10-21/h1-8,13-16,21,26H,9-12,25H2,(H,27,28,29). The number of hydrogen-bond donors (Lipinski definition) is 3. The number of aromatic nitrogens is 4. The Morgan fingerprint density at radius 2 is 1.68 bits per heavy atom.